The Kier molecular flexibility index (Phi) is 6.68. The summed E-state index contributed by atoms with van der Waals surface area (Å²) in [6, 6.07) is 4.11. The molecular formula is C16H27N3O. The SMILES string of the molecule is Cc1cc(C)c(C(=O)NCCNCCN(C)C)c(C)c1. The first kappa shape index (κ1) is 16.7. The van der Waals surface area contributed by atoms with E-state index in [2.05, 4.69) is 34.6 Å². The van der Waals surface area contributed by atoms with Crippen LogP contribution in [0.3, 0.4) is 0 Å². The van der Waals surface area contributed by atoms with Crippen molar-refractivity contribution in [2.24, 2.45) is 0 Å². The third kappa shape index (κ3) is 5.31. The van der Waals surface area contributed by atoms with Gasteiger partial charge in [0.25, 0.3) is 5.91 Å². The average Bonchev–Trinajstić information content (AvgIpc) is 2.31. The van der Waals surface area contributed by atoms with Gasteiger partial charge in [-0.3, -0.25) is 4.79 Å². The Morgan fingerprint density at radius 3 is 2.20 bits per heavy atom. The zero-order valence-electron chi connectivity index (χ0n) is 13.3. The highest BCUT2D eigenvalue weighted by Gasteiger charge is 2.11. The van der Waals surface area contributed by atoms with E-state index in [-0.39, 0.29) is 5.91 Å². The Labute approximate surface area is 122 Å². The molecule has 0 aliphatic heterocycles. The summed E-state index contributed by atoms with van der Waals surface area (Å²) in [7, 11) is 4.10. The fraction of sp³-hybridized carbons (Fsp3) is 0.562. The van der Waals surface area contributed by atoms with Gasteiger partial charge in [0.1, 0.15) is 0 Å². The van der Waals surface area contributed by atoms with Crippen molar-refractivity contribution in [3.63, 3.8) is 0 Å². The van der Waals surface area contributed by atoms with Gasteiger partial charge in [-0.05, 0) is 46.0 Å². The quantitative estimate of drug-likeness (QED) is 0.742. The van der Waals surface area contributed by atoms with E-state index in [4.69, 9.17) is 0 Å². The summed E-state index contributed by atoms with van der Waals surface area (Å²) >= 11 is 0. The van der Waals surface area contributed by atoms with Gasteiger partial charge in [-0.25, -0.2) is 0 Å². The van der Waals surface area contributed by atoms with Crippen LogP contribution in [0.2, 0.25) is 0 Å². The van der Waals surface area contributed by atoms with Gasteiger partial charge in [-0.2, -0.15) is 0 Å². The zero-order valence-corrected chi connectivity index (χ0v) is 13.3. The second-order valence-electron chi connectivity index (χ2n) is 5.58. The maximum atomic E-state index is 12.2. The van der Waals surface area contributed by atoms with Crippen LogP contribution in [-0.4, -0.2) is 51.1 Å². The standard InChI is InChI=1S/C16H27N3O/c1-12-10-13(2)15(14(3)11-12)16(20)18-7-6-17-8-9-19(4)5/h10-11,17H,6-9H2,1-5H3,(H,18,20). The summed E-state index contributed by atoms with van der Waals surface area (Å²) in [5.74, 6) is 0.0226. The molecule has 0 fully saturated rings. The van der Waals surface area contributed by atoms with Gasteiger partial charge in [0.05, 0.1) is 0 Å². The summed E-state index contributed by atoms with van der Waals surface area (Å²) < 4.78 is 0. The molecule has 0 aliphatic carbocycles. The van der Waals surface area contributed by atoms with Gasteiger partial charge in [-0.1, -0.05) is 17.7 Å². The lowest BCUT2D eigenvalue weighted by atomic mass is 9.99. The van der Waals surface area contributed by atoms with E-state index in [1.165, 1.54) is 5.56 Å². The largest absolute Gasteiger partial charge is 0.351 e. The minimum atomic E-state index is 0.0226. The predicted molar refractivity (Wildman–Crippen MR) is 84.4 cm³/mol. The molecule has 0 aliphatic rings. The van der Waals surface area contributed by atoms with Crippen LogP contribution in [0.25, 0.3) is 0 Å². The topological polar surface area (TPSA) is 44.4 Å². The van der Waals surface area contributed by atoms with Crippen molar-refractivity contribution < 1.29 is 4.79 Å². The number of carbonyl (C=O) groups is 1. The predicted octanol–water partition coefficient (Wildman–Crippen LogP) is 1.49. The molecular weight excluding hydrogens is 250 g/mol. The molecule has 4 nitrogen and oxygen atoms in total. The highest BCUT2D eigenvalue weighted by molar-refractivity contribution is 5.97. The van der Waals surface area contributed by atoms with Crippen molar-refractivity contribution in [1.82, 2.24) is 15.5 Å². The monoisotopic (exact) mass is 277 g/mol. The minimum Gasteiger partial charge on any atom is -0.351 e. The molecule has 0 radical (unpaired) electrons. The van der Waals surface area contributed by atoms with Crippen LogP contribution in [0.1, 0.15) is 27.0 Å². The first-order valence-corrected chi connectivity index (χ1v) is 7.13. The molecule has 0 saturated carbocycles. The maximum Gasteiger partial charge on any atom is 0.251 e. The lowest BCUT2D eigenvalue weighted by Crippen LogP contribution is -2.35. The van der Waals surface area contributed by atoms with Crippen molar-refractivity contribution in [1.29, 1.82) is 0 Å². The molecule has 0 atom stereocenters. The lowest BCUT2D eigenvalue weighted by Gasteiger charge is -2.13. The van der Waals surface area contributed by atoms with Crippen molar-refractivity contribution in [3.05, 3.63) is 34.4 Å². The third-order valence-corrected chi connectivity index (χ3v) is 3.23. The van der Waals surface area contributed by atoms with Crippen LogP contribution in [0.4, 0.5) is 0 Å². The molecule has 0 unspecified atom stereocenters. The molecule has 0 saturated heterocycles. The number of nitrogens with one attached hydrogen (secondary N) is 2. The van der Waals surface area contributed by atoms with E-state index in [1.807, 2.05) is 27.9 Å². The van der Waals surface area contributed by atoms with Crippen molar-refractivity contribution in [2.45, 2.75) is 20.8 Å². The zero-order chi connectivity index (χ0) is 15.1. The number of carbonyl (C=O) groups excluding carboxylic acids is 1. The minimum absolute atomic E-state index is 0.0226. The van der Waals surface area contributed by atoms with Crippen molar-refractivity contribution >= 4 is 5.91 Å². The van der Waals surface area contributed by atoms with Gasteiger partial charge in [0, 0.05) is 31.7 Å². The highest BCUT2D eigenvalue weighted by Crippen LogP contribution is 2.15. The Hall–Kier alpha value is -1.39. The number of nitrogens with zero attached hydrogens (tertiary/aromatic N) is 1. The smallest absolute Gasteiger partial charge is 0.251 e. The van der Waals surface area contributed by atoms with E-state index >= 15 is 0 Å². The van der Waals surface area contributed by atoms with E-state index in [1.54, 1.807) is 0 Å². The van der Waals surface area contributed by atoms with Crippen LogP contribution in [0, 0.1) is 20.8 Å². The molecule has 0 heterocycles. The molecule has 1 aromatic rings. The molecule has 1 aromatic carbocycles. The van der Waals surface area contributed by atoms with Crippen LogP contribution in [-0.2, 0) is 0 Å². The molecule has 0 spiro atoms. The Bertz CT molecular complexity index is 432. The molecule has 112 valence electrons. The van der Waals surface area contributed by atoms with Crippen molar-refractivity contribution in [2.75, 3.05) is 40.3 Å². The summed E-state index contributed by atoms with van der Waals surface area (Å²) in [6.45, 7) is 9.42. The first-order valence-electron chi connectivity index (χ1n) is 7.13. The number of hydrogen-bond donors (Lipinski definition) is 2. The van der Waals surface area contributed by atoms with E-state index < -0.39 is 0 Å². The number of benzene rings is 1. The van der Waals surface area contributed by atoms with E-state index in [0.717, 1.165) is 36.3 Å². The van der Waals surface area contributed by atoms with Gasteiger partial charge >= 0.3 is 0 Å². The number of aryl methyl sites for hydroxylation is 3. The van der Waals surface area contributed by atoms with Gasteiger partial charge in [0.15, 0.2) is 0 Å². The Balaban J connectivity index is 2.40. The second kappa shape index (κ2) is 8.02. The second-order valence-corrected chi connectivity index (χ2v) is 5.58. The fourth-order valence-corrected chi connectivity index (χ4v) is 2.32. The molecule has 4 heteroatoms. The number of likely N-dealkylation sites (N-methyl/N-ethyl adjacent to an activating group) is 1. The van der Waals surface area contributed by atoms with Crippen LogP contribution >= 0.6 is 0 Å². The first-order chi connectivity index (χ1) is 9.41. The lowest BCUT2D eigenvalue weighted by molar-refractivity contribution is 0.0952. The Morgan fingerprint density at radius 2 is 1.65 bits per heavy atom. The van der Waals surface area contributed by atoms with Crippen LogP contribution in [0.15, 0.2) is 12.1 Å². The molecule has 1 rings (SSSR count). The summed E-state index contributed by atoms with van der Waals surface area (Å²) in [5.41, 5.74) is 4.09. The highest BCUT2D eigenvalue weighted by atomic mass is 16.1. The molecule has 0 aromatic heterocycles. The summed E-state index contributed by atoms with van der Waals surface area (Å²) in [5, 5.41) is 6.28. The molecule has 1 amide bonds. The van der Waals surface area contributed by atoms with E-state index in [9.17, 15) is 4.79 Å². The van der Waals surface area contributed by atoms with E-state index in [0.29, 0.717) is 6.54 Å². The number of rotatable bonds is 7. The normalized spacial score (nSPS) is 10.9. The van der Waals surface area contributed by atoms with Gasteiger partial charge in [-0.15, -0.1) is 0 Å². The molecule has 0 bridgehead atoms. The number of amides is 1. The fourth-order valence-electron chi connectivity index (χ4n) is 2.32. The molecule has 2 N–H and O–H groups in total. The molecule has 20 heavy (non-hydrogen) atoms. The Morgan fingerprint density at radius 1 is 1.05 bits per heavy atom. The maximum absolute atomic E-state index is 12.2. The average molecular weight is 277 g/mol. The van der Waals surface area contributed by atoms with Crippen molar-refractivity contribution in [3.8, 4) is 0 Å². The third-order valence-electron chi connectivity index (χ3n) is 3.23. The number of hydrogen-bond acceptors (Lipinski definition) is 3. The van der Waals surface area contributed by atoms with Gasteiger partial charge < -0.3 is 15.5 Å². The van der Waals surface area contributed by atoms with Crippen LogP contribution in [0.5, 0.6) is 0 Å². The summed E-state index contributed by atoms with van der Waals surface area (Å²) in [6.07, 6.45) is 0. The van der Waals surface area contributed by atoms with Gasteiger partial charge in [0.2, 0.25) is 0 Å². The van der Waals surface area contributed by atoms with Crippen LogP contribution < -0.4 is 10.6 Å². The summed E-state index contributed by atoms with van der Waals surface area (Å²) in [4.78, 5) is 14.3.